The molecule has 0 unspecified atom stereocenters. The van der Waals surface area contributed by atoms with Gasteiger partial charge in [-0.05, 0) is 43.5 Å². The maximum atomic E-state index is 10.9. The molecule has 0 bridgehead atoms. The molecule has 0 amide bonds. The van der Waals surface area contributed by atoms with Gasteiger partial charge in [-0.2, -0.15) is 0 Å². The van der Waals surface area contributed by atoms with Crippen LogP contribution in [-0.4, -0.2) is 14.2 Å². The maximum Gasteiger partial charge on any atom is 0.232 e. The largest absolute Gasteiger partial charge is 0.461 e. The van der Waals surface area contributed by atoms with E-state index in [2.05, 4.69) is 0 Å². The Hall–Kier alpha value is -1.00. The standard InChI is InChI=1S/C12H13ClO3S/c1-8-9(2)16-12-4-3-10(7-11(8)12)5-6-17(13,14)15/h3-4,7H,5-6H2,1-2H3. The molecule has 1 heterocycles. The fourth-order valence-corrected chi connectivity index (χ4v) is 2.50. The Morgan fingerprint density at radius 1 is 1.29 bits per heavy atom. The maximum absolute atomic E-state index is 10.9. The van der Waals surface area contributed by atoms with Crippen molar-refractivity contribution in [3.05, 3.63) is 35.1 Å². The van der Waals surface area contributed by atoms with E-state index in [9.17, 15) is 8.42 Å². The monoisotopic (exact) mass is 272 g/mol. The van der Waals surface area contributed by atoms with E-state index in [1.54, 1.807) is 0 Å². The van der Waals surface area contributed by atoms with E-state index < -0.39 is 9.05 Å². The summed E-state index contributed by atoms with van der Waals surface area (Å²) in [6.45, 7) is 3.90. The minimum absolute atomic E-state index is 0.0457. The first-order valence-corrected chi connectivity index (χ1v) is 7.75. The second-order valence-corrected chi connectivity index (χ2v) is 7.00. The Morgan fingerprint density at radius 3 is 2.65 bits per heavy atom. The van der Waals surface area contributed by atoms with E-state index in [0.717, 1.165) is 27.9 Å². The van der Waals surface area contributed by atoms with Crippen LogP contribution in [0, 0.1) is 13.8 Å². The van der Waals surface area contributed by atoms with Crippen LogP contribution in [0.1, 0.15) is 16.9 Å². The Morgan fingerprint density at radius 2 is 2.00 bits per heavy atom. The van der Waals surface area contributed by atoms with E-state index in [4.69, 9.17) is 15.1 Å². The summed E-state index contributed by atoms with van der Waals surface area (Å²) in [5.41, 5.74) is 2.87. The van der Waals surface area contributed by atoms with Gasteiger partial charge in [-0.25, -0.2) is 8.42 Å². The quantitative estimate of drug-likeness (QED) is 0.807. The van der Waals surface area contributed by atoms with Crippen LogP contribution in [0.5, 0.6) is 0 Å². The molecule has 0 saturated heterocycles. The zero-order valence-electron chi connectivity index (χ0n) is 9.66. The molecule has 2 rings (SSSR count). The third-order valence-corrected chi connectivity index (χ3v) is 4.03. The average Bonchev–Trinajstić information content (AvgIpc) is 2.51. The summed E-state index contributed by atoms with van der Waals surface area (Å²) in [6.07, 6.45) is 0.422. The van der Waals surface area contributed by atoms with E-state index in [1.165, 1.54) is 0 Å². The molecule has 0 aliphatic carbocycles. The normalized spacial score (nSPS) is 12.2. The van der Waals surface area contributed by atoms with Crippen molar-refractivity contribution in [1.29, 1.82) is 0 Å². The van der Waals surface area contributed by atoms with Crippen LogP contribution < -0.4 is 0 Å². The molecule has 92 valence electrons. The minimum Gasteiger partial charge on any atom is -0.461 e. The molecule has 5 heteroatoms. The van der Waals surface area contributed by atoms with Crippen molar-refractivity contribution in [2.24, 2.45) is 0 Å². The molecular weight excluding hydrogens is 260 g/mol. The Bertz CT molecular complexity index is 656. The lowest BCUT2D eigenvalue weighted by Gasteiger charge is -1.99. The van der Waals surface area contributed by atoms with Crippen molar-refractivity contribution >= 4 is 30.7 Å². The molecule has 0 spiro atoms. The number of furan rings is 1. The third-order valence-electron chi connectivity index (χ3n) is 2.87. The highest BCUT2D eigenvalue weighted by atomic mass is 35.7. The minimum atomic E-state index is -3.43. The average molecular weight is 273 g/mol. The van der Waals surface area contributed by atoms with Gasteiger partial charge in [0.1, 0.15) is 11.3 Å². The summed E-state index contributed by atoms with van der Waals surface area (Å²) in [5, 5.41) is 1.03. The molecule has 0 fully saturated rings. The highest BCUT2D eigenvalue weighted by Gasteiger charge is 2.09. The van der Waals surface area contributed by atoms with Crippen LogP contribution in [0.3, 0.4) is 0 Å². The summed E-state index contributed by atoms with van der Waals surface area (Å²) in [6, 6.07) is 5.70. The Labute approximate surface area is 105 Å². The Kier molecular flexibility index (Phi) is 3.19. The fourth-order valence-electron chi connectivity index (χ4n) is 1.79. The molecule has 2 aromatic rings. The van der Waals surface area contributed by atoms with Crippen molar-refractivity contribution in [3.8, 4) is 0 Å². The molecular formula is C12H13ClO3S. The predicted octanol–water partition coefficient (Wildman–Crippen LogP) is 3.16. The molecule has 0 N–H and O–H groups in total. The highest BCUT2D eigenvalue weighted by Crippen LogP contribution is 2.25. The summed E-state index contributed by atoms with van der Waals surface area (Å²) in [4.78, 5) is 0. The fraction of sp³-hybridized carbons (Fsp3) is 0.333. The van der Waals surface area contributed by atoms with E-state index in [0.29, 0.717) is 6.42 Å². The van der Waals surface area contributed by atoms with Gasteiger partial charge in [-0.3, -0.25) is 0 Å². The zero-order valence-corrected chi connectivity index (χ0v) is 11.2. The number of hydrogen-bond acceptors (Lipinski definition) is 3. The number of halogens is 1. The van der Waals surface area contributed by atoms with E-state index >= 15 is 0 Å². The van der Waals surface area contributed by atoms with Crippen molar-refractivity contribution < 1.29 is 12.8 Å². The molecule has 0 aliphatic heterocycles. The van der Waals surface area contributed by atoms with Gasteiger partial charge < -0.3 is 4.42 Å². The van der Waals surface area contributed by atoms with Crippen molar-refractivity contribution in [1.82, 2.24) is 0 Å². The van der Waals surface area contributed by atoms with Gasteiger partial charge in [0, 0.05) is 16.1 Å². The summed E-state index contributed by atoms with van der Waals surface area (Å²) in [5.74, 6) is 0.845. The number of fused-ring (bicyclic) bond motifs is 1. The van der Waals surface area contributed by atoms with Gasteiger partial charge in [0.25, 0.3) is 0 Å². The van der Waals surface area contributed by atoms with Gasteiger partial charge in [0.15, 0.2) is 0 Å². The van der Waals surface area contributed by atoms with Crippen LogP contribution in [-0.2, 0) is 15.5 Å². The first-order valence-electron chi connectivity index (χ1n) is 5.28. The molecule has 0 atom stereocenters. The highest BCUT2D eigenvalue weighted by molar-refractivity contribution is 8.13. The van der Waals surface area contributed by atoms with Crippen LogP contribution in [0.2, 0.25) is 0 Å². The van der Waals surface area contributed by atoms with Gasteiger partial charge in [0.05, 0.1) is 5.75 Å². The number of rotatable bonds is 3. The Balaban J connectivity index is 2.34. The van der Waals surface area contributed by atoms with E-state index in [-0.39, 0.29) is 5.75 Å². The van der Waals surface area contributed by atoms with Crippen LogP contribution in [0.15, 0.2) is 22.6 Å². The molecule has 1 aromatic heterocycles. The molecule has 0 radical (unpaired) electrons. The molecule has 17 heavy (non-hydrogen) atoms. The second-order valence-electron chi connectivity index (χ2n) is 4.11. The van der Waals surface area contributed by atoms with E-state index in [1.807, 2.05) is 32.0 Å². The lowest BCUT2D eigenvalue weighted by atomic mass is 10.1. The van der Waals surface area contributed by atoms with Crippen molar-refractivity contribution in [2.45, 2.75) is 20.3 Å². The second kappa shape index (κ2) is 4.35. The first-order chi connectivity index (χ1) is 7.87. The van der Waals surface area contributed by atoms with Gasteiger partial charge >= 0.3 is 0 Å². The number of aryl methyl sites for hydroxylation is 3. The lowest BCUT2D eigenvalue weighted by molar-refractivity contribution is 0.575. The summed E-state index contributed by atoms with van der Waals surface area (Å²) in [7, 11) is 1.76. The third kappa shape index (κ3) is 2.82. The topological polar surface area (TPSA) is 47.3 Å². The predicted molar refractivity (Wildman–Crippen MR) is 69.0 cm³/mol. The molecule has 0 saturated carbocycles. The van der Waals surface area contributed by atoms with Crippen LogP contribution in [0.25, 0.3) is 11.0 Å². The van der Waals surface area contributed by atoms with Gasteiger partial charge in [-0.15, -0.1) is 0 Å². The zero-order chi connectivity index (χ0) is 12.6. The van der Waals surface area contributed by atoms with Crippen LogP contribution in [0.4, 0.5) is 0 Å². The number of hydrogen-bond donors (Lipinski definition) is 0. The SMILES string of the molecule is Cc1oc2ccc(CCS(=O)(=O)Cl)cc2c1C. The lowest BCUT2D eigenvalue weighted by Crippen LogP contribution is -2.00. The number of benzene rings is 1. The van der Waals surface area contributed by atoms with Gasteiger partial charge in [-0.1, -0.05) is 6.07 Å². The summed E-state index contributed by atoms with van der Waals surface area (Å²) < 4.78 is 27.3. The van der Waals surface area contributed by atoms with Crippen molar-refractivity contribution in [2.75, 3.05) is 5.75 Å². The summed E-state index contributed by atoms with van der Waals surface area (Å²) >= 11 is 0. The molecule has 0 aliphatic rings. The molecule has 3 nitrogen and oxygen atoms in total. The molecule has 1 aromatic carbocycles. The first kappa shape index (κ1) is 12.5. The van der Waals surface area contributed by atoms with Gasteiger partial charge in [0.2, 0.25) is 9.05 Å². The smallest absolute Gasteiger partial charge is 0.232 e. The van der Waals surface area contributed by atoms with Crippen LogP contribution >= 0.6 is 10.7 Å². The van der Waals surface area contributed by atoms with Crippen molar-refractivity contribution in [3.63, 3.8) is 0 Å².